The highest BCUT2D eigenvalue weighted by atomic mass is 19.1. The minimum atomic E-state index is -0.838. The first-order valence-corrected chi connectivity index (χ1v) is 6.41. The monoisotopic (exact) mass is 316 g/mol. The quantitative estimate of drug-likeness (QED) is 0.879. The van der Waals surface area contributed by atoms with Crippen LogP contribution >= 0.6 is 0 Å². The number of benzene rings is 2. The van der Waals surface area contributed by atoms with Crippen molar-refractivity contribution in [3.63, 3.8) is 0 Å². The first-order chi connectivity index (χ1) is 11.0. The number of esters is 1. The molecule has 0 bridgehead atoms. The molecule has 5 nitrogen and oxygen atoms in total. The fraction of sp³-hybridized carbons (Fsp3) is 0.0625. The molecule has 0 radical (unpaired) electrons. The van der Waals surface area contributed by atoms with E-state index < -0.39 is 30.1 Å². The average Bonchev–Trinajstić information content (AvgIpc) is 2.51. The average molecular weight is 316 g/mol. The maximum atomic E-state index is 13.0. The minimum Gasteiger partial charge on any atom is -0.452 e. The van der Waals surface area contributed by atoms with Gasteiger partial charge in [-0.2, -0.15) is 5.26 Å². The van der Waals surface area contributed by atoms with Crippen molar-refractivity contribution in [1.82, 2.24) is 0 Å². The number of carbonyl (C=O) groups excluding carboxylic acids is 2. The number of amides is 1. The molecular formula is C16H10F2N2O3. The normalized spacial score (nSPS) is 9.78. The van der Waals surface area contributed by atoms with Crippen molar-refractivity contribution in [3.05, 3.63) is 65.2 Å². The summed E-state index contributed by atoms with van der Waals surface area (Å²) in [6, 6.07) is 10.1. The van der Waals surface area contributed by atoms with Crippen LogP contribution in [0.5, 0.6) is 0 Å². The number of carbonyl (C=O) groups is 2. The molecule has 0 aliphatic heterocycles. The lowest BCUT2D eigenvalue weighted by molar-refractivity contribution is -0.119. The van der Waals surface area contributed by atoms with E-state index in [0.29, 0.717) is 11.6 Å². The third-order valence-electron chi connectivity index (χ3n) is 2.73. The second-order valence-electron chi connectivity index (χ2n) is 4.47. The molecular weight excluding hydrogens is 306 g/mol. The van der Waals surface area contributed by atoms with E-state index in [0.717, 1.165) is 12.1 Å². The van der Waals surface area contributed by atoms with Crippen LogP contribution in [0.1, 0.15) is 15.9 Å². The highest BCUT2D eigenvalue weighted by Gasteiger charge is 2.11. The lowest BCUT2D eigenvalue weighted by atomic mass is 10.1. The minimum absolute atomic E-state index is 0.0816. The summed E-state index contributed by atoms with van der Waals surface area (Å²) in [4.78, 5) is 23.3. The molecule has 0 spiro atoms. The van der Waals surface area contributed by atoms with Crippen molar-refractivity contribution < 1.29 is 23.1 Å². The number of nitriles is 1. The van der Waals surface area contributed by atoms with Crippen molar-refractivity contribution in [2.24, 2.45) is 0 Å². The molecule has 0 saturated heterocycles. The Morgan fingerprint density at radius 2 is 1.70 bits per heavy atom. The Bertz CT molecular complexity index is 763. The van der Waals surface area contributed by atoms with Gasteiger partial charge in [-0.15, -0.1) is 0 Å². The zero-order valence-corrected chi connectivity index (χ0v) is 11.7. The number of halogens is 2. The smallest absolute Gasteiger partial charge is 0.338 e. The number of ether oxygens (including phenoxy) is 1. The zero-order chi connectivity index (χ0) is 16.8. The van der Waals surface area contributed by atoms with E-state index in [1.54, 1.807) is 0 Å². The summed E-state index contributed by atoms with van der Waals surface area (Å²) in [6.07, 6.45) is 0. The SMILES string of the molecule is N#Cc1ccc(C(=O)OCC(=O)Nc2cc(F)cc(F)c2)cc1. The summed E-state index contributed by atoms with van der Waals surface area (Å²) in [7, 11) is 0. The Morgan fingerprint density at radius 1 is 1.09 bits per heavy atom. The van der Waals surface area contributed by atoms with Gasteiger partial charge in [-0.3, -0.25) is 4.79 Å². The molecule has 0 aromatic heterocycles. The van der Waals surface area contributed by atoms with E-state index in [2.05, 4.69) is 5.32 Å². The van der Waals surface area contributed by atoms with Crippen LogP contribution < -0.4 is 5.32 Å². The molecule has 0 fully saturated rings. The number of hydrogen-bond donors (Lipinski definition) is 1. The van der Waals surface area contributed by atoms with Gasteiger partial charge in [0, 0.05) is 11.8 Å². The van der Waals surface area contributed by atoms with Crippen molar-refractivity contribution in [2.75, 3.05) is 11.9 Å². The topological polar surface area (TPSA) is 79.2 Å². The summed E-state index contributed by atoms with van der Waals surface area (Å²) >= 11 is 0. The van der Waals surface area contributed by atoms with Crippen LogP contribution in [-0.2, 0) is 9.53 Å². The summed E-state index contributed by atoms with van der Waals surface area (Å²) < 4.78 is 30.7. The van der Waals surface area contributed by atoms with Crippen molar-refractivity contribution >= 4 is 17.6 Å². The Morgan fingerprint density at radius 3 is 2.26 bits per heavy atom. The fourth-order valence-electron chi connectivity index (χ4n) is 1.72. The van der Waals surface area contributed by atoms with E-state index in [4.69, 9.17) is 10.00 Å². The molecule has 1 amide bonds. The number of rotatable bonds is 4. The van der Waals surface area contributed by atoms with Gasteiger partial charge >= 0.3 is 5.97 Å². The van der Waals surface area contributed by atoms with Gasteiger partial charge in [-0.25, -0.2) is 13.6 Å². The first kappa shape index (κ1) is 16.1. The lowest BCUT2D eigenvalue weighted by Crippen LogP contribution is -2.21. The van der Waals surface area contributed by atoms with Crippen molar-refractivity contribution in [3.8, 4) is 6.07 Å². The van der Waals surface area contributed by atoms with Crippen molar-refractivity contribution in [1.29, 1.82) is 5.26 Å². The van der Waals surface area contributed by atoms with Gasteiger partial charge in [-0.1, -0.05) is 0 Å². The number of nitrogens with one attached hydrogen (secondary N) is 1. The Labute approximate surface area is 130 Å². The fourth-order valence-corrected chi connectivity index (χ4v) is 1.72. The maximum Gasteiger partial charge on any atom is 0.338 e. The Balaban J connectivity index is 1.90. The molecule has 2 aromatic carbocycles. The van der Waals surface area contributed by atoms with Crippen molar-refractivity contribution in [2.45, 2.75) is 0 Å². The molecule has 0 saturated carbocycles. The van der Waals surface area contributed by atoms with Crippen LogP contribution in [0.3, 0.4) is 0 Å². The van der Waals surface area contributed by atoms with E-state index in [9.17, 15) is 18.4 Å². The van der Waals surface area contributed by atoms with Gasteiger partial charge in [0.2, 0.25) is 0 Å². The van der Waals surface area contributed by atoms with Crippen LogP contribution in [0.4, 0.5) is 14.5 Å². The summed E-state index contributed by atoms with van der Waals surface area (Å²) in [5, 5.41) is 10.9. The van der Waals surface area contributed by atoms with Gasteiger partial charge in [0.1, 0.15) is 11.6 Å². The number of hydrogen-bond acceptors (Lipinski definition) is 4. The number of nitrogens with zero attached hydrogens (tertiary/aromatic N) is 1. The summed E-state index contributed by atoms with van der Waals surface area (Å²) in [5.74, 6) is -3.17. The molecule has 1 N–H and O–H groups in total. The van der Waals surface area contributed by atoms with E-state index in [1.807, 2.05) is 6.07 Å². The summed E-state index contributed by atoms with van der Waals surface area (Å²) in [6.45, 7) is -0.614. The van der Waals surface area contributed by atoms with Crippen LogP contribution in [0.15, 0.2) is 42.5 Å². The summed E-state index contributed by atoms with van der Waals surface area (Å²) in [5.41, 5.74) is 0.475. The van der Waals surface area contributed by atoms with Crippen LogP contribution in [0, 0.1) is 23.0 Å². The molecule has 23 heavy (non-hydrogen) atoms. The molecule has 116 valence electrons. The predicted octanol–water partition coefficient (Wildman–Crippen LogP) is 2.63. The van der Waals surface area contributed by atoms with Crippen LogP contribution in [0.25, 0.3) is 0 Å². The van der Waals surface area contributed by atoms with E-state index in [1.165, 1.54) is 24.3 Å². The van der Waals surface area contributed by atoms with Crippen LogP contribution in [0.2, 0.25) is 0 Å². The largest absolute Gasteiger partial charge is 0.452 e. The maximum absolute atomic E-state index is 13.0. The van der Waals surface area contributed by atoms with E-state index >= 15 is 0 Å². The molecule has 0 aliphatic rings. The molecule has 7 heteroatoms. The highest BCUT2D eigenvalue weighted by molar-refractivity contribution is 5.95. The van der Waals surface area contributed by atoms with E-state index in [-0.39, 0.29) is 11.3 Å². The van der Waals surface area contributed by atoms with Gasteiger partial charge < -0.3 is 10.1 Å². The van der Waals surface area contributed by atoms with Gasteiger partial charge in [0.05, 0.1) is 17.2 Å². The lowest BCUT2D eigenvalue weighted by Gasteiger charge is -2.07. The van der Waals surface area contributed by atoms with Crippen LogP contribution in [-0.4, -0.2) is 18.5 Å². The van der Waals surface area contributed by atoms with Gasteiger partial charge in [0.25, 0.3) is 5.91 Å². The van der Waals surface area contributed by atoms with Gasteiger partial charge in [0.15, 0.2) is 6.61 Å². The molecule has 2 rings (SSSR count). The molecule has 2 aromatic rings. The standard InChI is InChI=1S/C16H10F2N2O3/c17-12-5-13(18)7-14(6-12)20-15(21)9-23-16(22)11-3-1-10(8-19)2-4-11/h1-7H,9H2,(H,20,21). The second kappa shape index (κ2) is 7.13. The Hall–Kier alpha value is -3.27. The molecule has 0 unspecified atom stereocenters. The highest BCUT2D eigenvalue weighted by Crippen LogP contribution is 2.12. The zero-order valence-electron chi connectivity index (χ0n) is 11.7. The number of anilines is 1. The second-order valence-corrected chi connectivity index (χ2v) is 4.47. The molecule has 0 aliphatic carbocycles. The Kier molecular flexibility index (Phi) is 5.00. The van der Waals surface area contributed by atoms with Gasteiger partial charge in [-0.05, 0) is 36.4 Å². The third-order valence-corrected chi connectivity index (χ3v) is 2.73. The first-order valence-electron chi connectivity index (χ1n) is 6.41. The molecule has 0 atom stereocenters. The molecule has 0 heterocycles. The third kappa shape index (κ3) is 4.61. The predicted molar refractivity (Wildman–Crippen MR) is 76.4 cm³/mol.